The Morgan fingerprint density at radius 3 is 2.50 bits per heavy atom. The van der Waals surface area contributed by atoms with E-state index in [1.54, 1.807) is 14.2 Å². The number of rotatable bonds is 7. The Morgan fingerprint density at radius 2 is 1.82 bits per heavy atom. The van der Waals surface area contributed by atoms with Crippen molar-refractivity contribution in [2.24, 2.45) is 0 Å². The summed E-state index contributed by atoms with van der Waals surface area (Å²) >= 11 is 0. The molecule has 1 unspecified atom stereocenters. The molecule has 1 atom stereocenters. The average molecular weight is 386 g/mol. The predicted octanol–water partition coefficient (Wildman–Crippen LogP) is 2.23. The van der Waals surface area contributed by atoms with Crippen LogP contribution in [0.1, 0.15) is 5.56 Å². The number of esters is 1. The first-order chi connectivity index (χ1) is 13.7. The van der Waals surface area contributed by atoms with E-state index in [9.17, 15) is 4.79 Å². The van der Waals surface area contributed by atoms with Gasteiger partial charge in [0.15, 0.2) is 0 Å². The van der Waals surface area contributed by atoms with Crippen LogP contribution in [-0.2, 0) is 16.1 Å². The molecule has 1 aliphatic rings. The lowest BCUT2D eigenvalue weighted by Gasteiger charge is -2.36. The van der Waals surface area contributed by atoms with Gasteiger partial charge >= 0.3 is 5.97 Å². The molecule has 1 aliphatic heterocycles. The summed E-state index contributed by atoms with van der Waals surface area (Å²) in [5.74, 6) is 1.86. The van der Waals surface area contributed by atoms with E-state index in [0.717, 1.165) is 17.8 Å². The van der Waals surface area contributed by atoms with Gasteiger partial charge < -0.3 is 29.2 Å². The van der Waals surface area contributed by atoms with Crippen LogP contribution in [-0.4, -0.2) is 53.0 Å². The zero-order chi connectivity index (χ0) is 19.9. The first-order valence-corrected chi connectivity index (χ1v) is 9.15. The minimum atomic E-state index is -0.389. The topological polar surface area (TPSA) is 69.3 Å². The fourth-order valence-corrected chi connectivity index (χ4v) is 3.27. The summed E-state index contributed by atoms with van der Waals surface area (Å²) in [5, 5.41) is 3.24. The molecule has 1 fully saturated rings. The average Bonchev–Trinajstić information content (AvgIpc) is 2.77. The van der Waals surface area contributed by atoms with Crippen molar-refractivity contribution in [2.75, 3.05) is 45.9 Å². The molecule has 2 aromatic rings. The van der Waals surface area contributed by atoms with Gasteiger partial charge in [0.25, 0.3) is 0 Å². The molecule has 0 aromatic heterocycles. The minimum Gasteiger partial charge on any atom is -0.497 e. The van der Waals surface area contributed by atoms with E-state index >= 15 is 0 Å². The Kier molecular flexibility index (Phi) is 6.60. The van der Waals surface area contributed by atoms with Crippen LogP contribution in [0.5, 0.6) is 17.2 Å². The Labute approximate surface area is 165 Å². The molecule has 0 spiro atoms. The van der Waals surface area contributed by atoms with Gasteiger partial charge in [0.05, 0.1) is 27.0 Å². The molecule has 2 aromatic carbocycles. The zero-order valence-electron chi connectivity index (χ0n) is 16.4. The number of hydrogen-bond acceptors (Lipinski definition) is 7. The molecule has 28 heavy (non-hydrogen) atoms. The molecule has 7 heteroatoms. The third-order valence-electron chi connectivity index (χ3n) is 4.70. The van der Waals surface area contributed by atoms with Gasteiger partial charge in [0, 0.05) is 25.7 Å². The van der Waals surface area contributed by atoms with Crippen molar-refractivity contribution in [1.29, 1.82) is 0 Å². The Balaban J connectivity index is 1.82. The molecular weight excluding hydrogens is 360 g/mol. The van der Waals surface area contributed by atoms with E-state index in [1.165, 1.54) is 7.11 Å². The van der Waals surface area contributed by atoms with E-state index < -0.39 is 0 Å². The SMILES string of the molecule is COC(=O)C1CNCCN1c1ccccc1OCc1cc(OC)cc(OC)c1. The number of para-hydroxylation sites is 2. The number of piperazine rings is 1. The van der Waals surface area contributed by atoms with Crippen LogP contribution in [0.15, 0.2) is 42.5 Å². The summed E-state index contributed by atoms with van der Waals surface area (Å²) < 4.78 is 21.7. The number of carbonyl (C=O) groups excluding carboxylic acids is 1. The number of hydrogen-bond donors (Lipinski definition) is 1. The normalized spacial score (nSPS) is 16.4. The summed E-state index contributed by atoms with van der Waals surface area (Å²) in [7, 11) is 4.64. The fourth-order valence-electron chi connectivity index (χ4n) is 3.27. The molecule has 0 amide bonds. The molecule has 0 bridgehead atoms. The Morgan fingerprint density at radius 1 is 1.11 bits per heavy atom. The van der Waals surface area contributed by atoms with Crippen LogP contribution in [0, 0.1) is 0 Å². The van der Waals surface area contributed by atoms with Crippen molar-refractivity contribution in [3.05, 3.63) is 48.0 Å². The highest BCUT2D eigenvalue weighted by molar-refractivity contribution is 5.81. The smallest absolute Gasteiger partial charge is 0.329 e. The van der Waals surface area contributed by atoms with Crippen molar-refractivity contribution in [3.8, 4) is 17.2 Å². The van der Waals surface area contributed by atoms with Crippen LogP contribution < -0.4 is 24.4 Å². The number of nitrogens with one attached hydrogen (secondary N) is 1. The van der Waals surface area contributed by atoms with Crippen molar-refractivity contribution in [3.63, 3.8) is 0 Å². The van der Waals surface area contributed by atoms with E-state index in [4.69, 9.17) is 18.9 Å². The summed E-state index contributed by atoms with van der Waals surface area (Å²) in [5.41, 5.74) is 1.80. The lowest BCUT2D eigenvalue weighted by Crippen LogP contribution is -2.55. The second kappa shape index (κ2) is 9.32. The van der Waals surface area contributed by atoms with Crippen molar-refractivity contribution >= 4 is 11.7 Å². The highest BCUT2D eigenvalue weighted by Gasteiger charge is 2.31. The van der Waals surface area contributed by atoms with Gasteiger partial charge in [-0.2, -0.15) is 0 Å². The maximum Gasteiger partial charge on any atom is 0.329 e. The summed E-state index contributed by atoms with van der Waals surface area (Å²) in [4.78, 5) is 14.2. The van der Waals surface area contributed by atoms with E-state index in [2.05, 4.69) is 5.32 Å². The van der Waals surface area contributed by atoms with Gasteiger partial charge in [0.2, 0.25) is 0 Å². The van der Waals surface area contributed by atoms with Crippen LogP contribution in [0.4, 0.5) is 5.69 Å². The summed E-state index contributed by atoms with van der Waals surface area (Å²) in [6.07, 6.45) is 0. The first-order valence-electron chi connectivity index (χ1n) is 9.15. The van der Waals surface area contributed by atoms with Crippen molar-refractivity contribution < 1.29 is 23.7 Å². The van der Waals surface area contributed by atoms with Gasteiger partial charge in [-0.15, -0.1) is 0 Å². The van der Waals surface area contributed by atoms with Gasteiger partial charge in [-0.25, -0.2) is 4.79 Å². The van der Waals surface area contributed by atoms with E-state index in [0.29, 0.717) is 36.9 Å². The first kappa shape index (κ1) is 19.8. The Hall–Kier alpha value is -2.93. The maximum atomic E-state index is 12.2. The number of nitrogens with zero attached hydrogens (tertiary/aromatic N) is 1. The highest BCUT2D eigenvalue weighted by atomic mass is 16.5. The van der Waals surface area contributed by atoms with E-state index in [-0.39, 0.29) is 12.0 Å². The quantitative estimate of drug-likeness (QED) is 0.732. The van der Waals surface area contributed by atoms with Gasteiger partial charge in [0.1, 0.15) is 29.9 Å². The molecule has 1 N–H and O–H groups in total. The van der Waals surface area contributed by atoms with Crippen LogP contribution in [0.25, 0.3) is 0 Å². The molecule has 1 heterocycles. The van der Waals surface area contributed by atoms with Crippen LogP contribution in [0.2, 0.25) is 0 Å². The molecule has 150 valence electrons. The lowest BCUT2D eigenvalue weighted by atomic mass is 10.1. The zero-order valence-corrected chi connectivity index (χ0v) is 16.4. The third kappa shape index (κ3) is 4.48. The summed E-state index contributed by atoms with van der Waals surface area (Å²) in [6, 6.07) is 13.0. The lowest BCUT2D eigenvalue weighted by molar-refractivity contribution is -0.142. The highest BCUT2D eigenvalue weighted by Crippen LogP contribution is 2.32. The van der Waals surface area contributed by atoms with Gasteiger partial charge in [-0.3, -0.25) is 0 Å². The molecule has 7 nitrogen and oxygen atoms in total. The van der Waals surface area contributed by atoms with Crippen molar-refractivity contribution in [1.82, 2.24) is 5.32 Å². The molecule has 0 aliphatic carbocycles. The monoisotopic (exact) mass is 386 g/mol. The third-order valence-corrected chi connectivity index (χ3v) is 4.70. The number of carbonyl (C=O) groups is 1. The molecular formula is C21H26N2O5. The van der Waals surface area contributed by atoms with Crippen LogP contribution >= 0.6 is 0 Å². The van der Waals surface area contributed by atoms with Gasteiger partial charge in [-0.05, 0) is 29.8 Å². The summed E-state index contributed by atoms with van der Waals surface area (Å²) in [6.45, 7) is 2.36. The minimum absolute atomic E-state index is 0.264. The predicted molar refractivity (Wildman–Crippen MR) is 106 cm³/mol. The van der Waals surface area contributed by atoms with Crippen molar-refractivity contribution in [2.45, 2.75) is 12.6 Å². The second-order valence-electron chi connectivity index (χ2n) is 6.41. The van der Waals surface area contributed by atoms with Crippen LogP contribution in [0.3, 0.4) is 0 Å². The standard InChI is InChI=1S/C21H26N2O5/c1-25-16-10-15(11-17(12-16)26-2)14-28-20-7-5-4-6-18(20)23-9-8-22-13-19(23)21(24)27-3/h4-7,10-12,19,22H,8-9,13-14H2,1-3H3. The molecule has 3 rings (SSSR count). The molecule has 0 radical (unpaired) electrons. The number of ether oxygens (including phenoxy) is 4. The maximum absolute atomic E-state index is 12.2. The number of methoxy groups -OCH3 is 3. The van der Waals surface area contributed by atoms with Gasteiger partial charge in [-0.1, -0.05) is 12.1 Å². The van der Waals surface area contributed by atoms with E-state index in [1.807, 2.05) is 47.4 Å². The Bertz CT molecular complexity index is 789. The number of benzene rings is 2. The molecule has 1 saturated heterocycles. The largest absolute Gasteiger partial charge is 0.497 e. The fraction of sp³-hybridized carbons (Fsp3) is 0.381. The number of anilines is 1. The molecule has 0 saturated carbocycles. The second-order valence-corrected chi connectivity index (χ2v) is 6.41.